The monoisotopic (exact) mass is 373 g/mol. The highest BCUT2D eigenvalue weighted by Gasteiger charge is 2.30. The average Bonchev–Trinajstić information content (AvgIpc) is 3.16. The van der Waals surface area contributed by atoms with Gasteiger partial charge in [0.25, 0.3) is 0 Å². The molecule has 1 aromatic rings. The number of ether oxygens (including phenoxy) is 1. The van der Waals surface area contributed by atoms with Gasteiger partial charge in [-0.15, -0.1) is 0 Å². The van der Waals surface area contributed by atoms with E-state index in [0.29, 0.717) is 35.9 Å². The van der Waals surface area contributed by atoms with E-state index in [4.69, 9.17) is 16.3 Å². The van der Waals surface area contributed by atoms with Crippen molar-refractivity contribution in [3.8, 4) is 0 Å². The van der Waals surface area contributed by atoms with Gasteiger partial charge in [0.2, 0.25) is 10.0 Å². The largest absolute Gasteiger partial charge is 0.376 e. The average molecular weight is 374 g/mol. The summed E-state index contributed by atoms with van der Waals surface area (Å²) >= 11 is 6.14. The molecule has 2 N–H and O–H groups in total. The van der Waals surface area contributed by atoms with Crippen molar-refractivity contribution in [3.63, 3.8) is 0 Å². The van der Waals surface area contributed by atoms with E-state index in [1.165, 1.54) is 4.31 Å². The Kier molecular flexibility index (Phi) is 5.17. The molecule has 2 amide bonds. The van der Waals surface area contributed by atoms with Crippen LogP contribution >= 0.6 is 11.6 Å². The lowest BCUT2D eigenvalue weighted by atomic mass is 10.2. The first-order chi connectivity index (χ1) is 11.5. The Bertz CT molecular complexity index is 719. The van der Waals surface area contributed by atoms with Gasteiger partial charge in [-0.3, -0.25) is 4.31 Å². The van der Waals surface area contributed by atoms with Gasteiger partial charge in [-0.1, -0.05) is 11.6 Å². The number of nitrogens with zero attached hydrogens (tertiary/aromatic N) is 1. The summed E-state index contributed by atoms with van der Waals surface area (Å²) in [5.74, 6) is 0.114. The van der Waals surface area contributed by atoms with Crippen molar-refractivity contribution in [1.82, 2.24) is 5.32 Å². The summed E-state index contributed by atoms with van der Waals surface area (Å²) in [6, 6.07) is 4.44. The Labute approximate surface area is 146 Å². The maximum atomic E-state index is 12.1. The summed E-state index contributed by atoms with van der Waals surface area (Å²) in [6.45, 7) is 1.59. The molecule has 0 bridgehead atoms. The van der Waals surface area contributed by atoms with E-state index in [1.807, 2.05) is 0 Å². The van der Waals surface area contributed by atoms with Crippen LogP contribution in [0, 0.1) is 0 Å². The Morgan fingerprint density at radius 3 is 2.88 bits per heavy atom. The van der Waals surface area contributed by atoms with E-state index in [9.17, 15) is 13.2 Å². The molecule has 24 heavy (non-hydrogen) atoms. The Morgan fingerprint density at radius 1 is 1.38 bits per heavy atom. The van der Waals surface area contributed by atoms with Crippen molar-refractivity contribution in [2.24, 2.45) is 0 Å². The van der Waals surface area contributed by atoms with E-state index in [-0.39, 0.29) is 17.9 Å². The lowest BCUT2D eigenvalue weighted by molar-refractivity contribution is 0.112. The first kappa shape index (κ1) is 17.3. The second kappa shape index (κ2) is 7.16. The molecule has 0 aliphatic carbocycles. The quantitative estimate of drug-likeness (QED) is 0.846. The van der Waals surface area contributed by atoms with Crippen LogP contribution in [0.15, 0.2) is 18.2 Å². The third-order valence-electron chi connectivity index (χ3n) is 4.09. The lowest BCUT2D eigenvalue weighted by Gasteiger charge is -2.19. The zero-order chi connectivity index (χ0) is 17.2. The molecule has 132 valence electrons. The molecule has 1 unspecified atom stereocenters. The minimum absolute atomic E-state index is 0.0614. The molecule has 2 fully saturated rings. The number of carbonyl (C=O) groups excluding carboxylic acids is 1. The van der Waals surface area contributed by atoms with E-state index in [1.54, 1.807) is 18.2 Å². The number of halogens is 1. The zero-order valence-corrected chi connectivity index (χ0v) is 14.7. The third kappa shape index (κ3) is 3.93. The number of nitrogens with one attached hydrogen (secondary N) is 2. The molecule has 2 aliphatic heterocycles. The molecule has 0 aromatic heterocycles. The second-order valence-corrected chi connectivity index (χ2v) is 8.30. The topological polar surface area (TPSA) is 87.7 Å². The predicted octanol–water partition coefficient (Wildman–Crippen LogP) is 2.18. The number of anilines is 2. The molecule has 0 saturated carbocycles. The molecule has 7 nitrogen and oxygen atoms in total. The van der Waals surface area contributed by atoms with Gasteiger partial charge in [0, 0.05) is 25.4 Å². The van der Waals surface area contributed by atoms with Gasteiger partial charge in [0.05, 0.1) is 22.6 Å². The smallest absolute Gasteiger partial charge is 0.319 e. The van der Waals surface area contributed by atoms with Crippen LogP contribution in [0.3, 0.4) is 0 Å². The minimum atomic E-state index is -3.33. The van der Waals surface area contributed by atoms with Crippen molar-refractivity contribution >= 4 is 39.0 Å². The molecule has 2 aliphatic rings. The molecular formula is C15H20ClN3O4S. The molecule has 1 aromatic carbocycles. The highest BCUT2D eigenvalue weighted by molar-refractivity contribution is 7.93. The van der Waals surface area contributed by atoms with Gasteiger partial charge in [-0.05, 0) is 37.5 Å². The molecule has 2 heterocycles. The summed E-state index contributed by atoms with van der Waals surface area (Å²) in [6.07, 6.45) is 2.58. The number of benzene rings is 1. The van der Waals surface area contributed by atoms with Crippen molar-refractivity contribution in [3.05, 3.63) is 23.2 Å². The Morgan fingerprint density at radius 2 is 2.21 bits per heavy atom. The number of carbonyl (C=O) groups is 1. The second-order valence-electron chi connectivity index (χ2n) is 5.88. The van der Waals surface area contributed by atoms with Crippen LogP contribution in [0.4, 0.5) is 16.2 Å². The summed E-state index contributed by atoms with van der Waals surface area (Å²) < 4.78 is 30.8. The minimum Gasteiger partial charge on any atom is -0.376 e. The number of hydrogen-bond donors (Lipinski definition) is 2. The number of sulfonamides is 1. The fourth-order valence-corrected chi connectivity index (χ4v) is 4.72. The van der Waals surface area contributed by atoms with Gasteiger partial charge in [0.15, 0.2) is 0 Å². The van der Waals surface area contributed by atoms with Crippen LogP contribution in [0.5, 0.6) is 0 Å². The van der Waals surface area contributed by atoms with Crippen LogP contribution in [-0.4, -0.2) is 46.0 Å². The van der Waals surface area contributed by atoms with Crippen LogP contribution < -0.4 is 14.9 Å². The number of rotatable bonds is 4. The van der Waals surface area contributed by atoms with E-state index < -0.39 is 10.0 Å². The van der Waals surface area contributed by atoms with Gasteiger partial charge >= 0.3 is 6.03 Å². The first-order valence-electron chi connectivity index (χ1n) is 7.92. The van der Waals surface area contributed by atoms with Crippen LogP contribution in [0.1, 0.15) is 19.3 Å². The molecule has 3 rings (SSSR count). The van der Waals surface area contributed by atoms with E-state index in [0.717, 1.165) is 19.4 Å². The SMILES string of the molecule is O=C(NCC1CCCO1)Nc1ccc(Cl)c(N2CCCS2(=O)=O)c1. The van der Waals surface area contributed by atoms with E-state index in [2.05, 4.69) is 10.6 Å². The van der Waals surface area contributed by atoms with Gasteiger partial charge in [0.1, 0.15) is 0 Å². The maximum Gasteiger partial charge on any atom is 0.319 e. The molecular weight excluding hydrogens is 354 g/mol. The molecule has 0 spiro atoms. The highest BCUT2D eigenvalue weighted by atomic mass is 35.5. The molecule has 2 saturated heterocycles. The third-order valence-corrected chi connectivity index (χ3v) is 6.26. The maximum absolute atomic E-state index is 12.1. The van der Waals surface area contributed by atoms with Gasteiger partial charge in [-0.25, -0.2) is 13.2 Å². The van der Waals surface area contributed by atoms with Crippen LogP contribution in [0.25, 0.3) is 0 Å². The van der Waals surface area contributed by atoms with Crippen molar-refractivity contribution < 1.29 is 17.9 Å². The Balaban J connectivity index is 1.66. The fraction of sp³-hybridized carbons (Fsp3) is 0.533. The summed E-state index contributed by atoms with van der Waals surface area (Å²) in [5, 5.41) is 5.79. The van der Waals surface area contributed by atoms with E-state index >= 15 is 0 Å². The molecule has 9 heteroatoms. The van der Waals surface area contributed by atoms with Crippen molar-refractivity contribution in [1.29, 1.82) is 0 Å². The van der Waals surface area contributed by atoms with Gasteiger partial charge in [-0.2, -0.15) is 0 Å². The van der Waals surface area contributed by atoms with Crippen molar-refractivity contribution in [2.75, 3.05) is 35.1 Å². The van der Waals surface area contributed by atoms with Crippen LogP contribution in [0.2, 0.25) is 5.02 Å². The van der Waals surface area contributed by atoms with Crippen LogP contribution in [-0.2, 0) is 14.8 Å². The Hall–Kier alpha value is -1.51. The summed E-state index contributed by atoms with van der Waals surface area (Å²) in [7, 11) is -3.33. The summed E-state index contributed by atoms with van der Waals surface area (Å²) in [4.78, 5) is 12.0. The fourth-order valence-electron chi connectivity index (χ4n) is 2.88. The first-order valence-corrected chi connectivity index (χ1v) is 9.91. The molecule has 0 radical (unpaired) electrons. The highest BCUT2D eigenvalue weighted by Crippen LogP contribution is 2.33. The predicted molar refractivity (Wildman–Crippen MR) is 93.2 cm³/mol. The standard InChI is InChI=1S/C15H20ClN3O4S/c16-13-5-4-11(9-14(13)19-6-2-8-24(19,21)22)18-15(20)17-10-12-3-1-7-23-12/h4-5,9,12H,1-3,6-8,10H2,(H2,17,18,20). The lowest BCUT2D eigenvalue weighted by Crippen LogP contribution is -2.35. The van der Waals surface area contributed by atoms with Crippen molar-refractivity contribution in [2.45, 2.75) is 25.4 Å². The molecule has 1 atom stereocenters. The summed E-state index contributed by atoms with van der Waals surface area (Å²) in [5.41, 5.74) is 0.882. The zero-order valence-electron chi connectivity index (χ0n) is 13.1. The normalized spacial score (nSPS) is 22.5. The number of amides is 2. The van der Waals surface area contributed by atoms with Gasteiger partial charge < -0.3 is 15.4 Å². The number of urea groups is 1. The number of hydrogen-bond acceptors (Lipinski definition) is 4.